The molecule has 116 valence electrons. The summed E-state index contributed by atoms with van der Waals surface area (Å²) >= 11 is 3.39. The van der Waals surface area contributed by atoms with Gasteiger partial charge in [0.15, 0.2) is 18.1 Å². The molecule has 0 aromatic heterocycles. The third-order valence-electron chi connectivity index (χ3n) is 3.18. The zero-order valence-corrected chi connectivity index (χ0v) is 14.1. The van der Waals surface area contributed by atoms with E-state index in [0.717, 1.165) is 10.0 Å². The van der Waals surface area contributed by atoms with E-state index in [1.54, 1.807) is 19.2 Å². The molecule has 2 aromatic carbocycles. The Morgan fingerprint density at radius 1 is 1.14 bits per heavy atom. The van der Waals surface area contributed by atoms with E-state index in [0.29, 0.717) is 11.5 Å². The standard InChI is InChI=1S/C17H18BrNO3/c1-12(13-7-9-14(18)10-8-13)19-17(20)11-22-16-6-4-3-5-15(16)21-2/h3-10,12H,11H2,1-2H3,(H,19,20)/t12-/m0/s1. The monoisotopic (exact) mass is 363 g/mol. The Kier molecular flexibility index (Phi) is 5.83. The van der Waals surface area contributed by atoms with Crippen molar-refractivity contribution < 1.29 is 14.3 Å². The van der Waals surface area contributed by atoms with E-state index in [1.165, 1.54) is 0 Å². The molecule has 0 radical (unpaired) electrons. The van der Waals surface area contributed by atoms with Crippen molar-refractivity contribution in [2.75, 3.05) is 13.7 Å². The van der Waals surface area contributed by atoms with E-state index in [-0.39, 0.29) is 18.6 Å². The molecule has 0 bridgehead atoms. The Labute approximate surface area is 138 Å². The Hall–Kier alpha value is -2.01. The first-order valence-corrected chi connectivity index (χ1v) is 7.70. The van der Waals surface area contributed by atoms with Crippen molar-refractivity contribution in [3.8, 4) is 11.5 Å². The molecule has 1 atom stereocenters. The molecule has 5 heteroatoms. The van der Waals surface area contributed by atoms with Crippen LogP contribution in [0, 0.1) is 0 Å². The van der Waals surface area contributed by atoms with Crippen molar-refractivity contribution >= 4 is 21.8 Å². The fourth-order valence-electron chi connectivity index (χ4n) is 2.00. The molecular formula is C17H18BrNO3. The Balaban J connectivity index is 1.88. The highest BCUT2D eigenvalue weighted by Crippen LogP contribution is 2.25. The van der Waals surface area contributed by atoms with Gasteiger partial charge in [-0.05, 0) is 36.8 Å². The molecular weight excluding hydrogens is 346 g/mol. The second kappa shape index (κ2) is 7.84. The van der Waals surface area contributed by atoms with E-state index in [9.17, 15) is 4.79 Å². The second-order valence-corrected chi connectivity index (χ2v) is 5.70. The van der Waals surface area contributed by atoms with Gasteiger partial charge in [0.25, 0.3) is 5.91 Å². The van der Waals surface area contributed by atoms with Gasteiger partial charge in [0.05, 0.1) is 13.2 Å². The highest BCUT2D eigenvalue weighted by molar-refractivity contribution is 9.10. The minimum absolute atomic E-state index is 0.0543. The van der Waals surface area contributed by atoms with Crippen molar-refractivity contribution in [2.24, 2.45) is 0 Å². The van der Waals surface area contributed by atoms with Gasteiger partial charge in [-0.2, -0.15) is 0 Å². The van der Waals surface area contributed by atoms with Gasteiger partial charge in [-0.15, -0.1) is 0 Å². The van der Waals surface area contributed by atoms with Gasteiger partial charge in [0.1, 0.15) is 0 Å². The van der Waals surface area contributed by atoms with E-state index in [2.05, 4.69) is 21.2 Å². The van der Waals surface area contributed by atoms with Gasteiger partial charge < -0.3 is 14.8 Å². The Morgan fingerprint density at radius 2 is 1.77 bits per heavy atom. The van der Waals surface area contributed by atoms with Crippen molar-refractivity contribution in [3.63, 3.8) is 0 Å². The molecule has 0 saturated carbocycles. The average Bonchev–Trinajstić information content (AvgIpc) is 2.53. The molecule has 0 heterocycles. The number of hydrogen-bond acceptors (Lipinski definition) is 3. The van der Waals surface area contributed by atoms with E-state index < -0.39 is 0 Å². The lowest BCUT2D eigenvalue weighted by molar-refractivity contribution is -0.123. The number of nitrogens with one attached hydrogen (secondary N) is 1. The van der Waals surface area contributed by atoms with E-state index in [1.807, 2.05) is 43.3 Å². The fourth-order valence-corrected chi connectivity index (χ4v) is 2.26. The molecule has 2 rings (SSSR count). The van der Waals surface area contributed by atoms with Crippen molar-refractivity contribution in [3.05, 3.63) is 58.6 Å². The number of carbonyl (C=O) groups excluding carboxylic acids is 1. The first-order chi connectivity index (χ1) is 10.6. The molecule has 4 nitrogen and oxygen atoms in total. The number of carbonyl (C=O) groups is 1. The van der Waals surface area contributed by atoms with Crippen LogP contribution in [0.1, 0.15) is 18.5 Å². The minimum atomic E-state index is -0.179. The summed E-state index contributed by atoms with van der Waals surface area (Å²) in [7, 11) is 1.57. The van der Waals surface area contributed by atoms with Crippen LogP contribution in [0.15, 0.2) is 53.0 Å². The molecule has 0 aliphatic rings. The number of amides is 1. The number of ether oxygens (including phenoxy) is 2. The summed E-state index contributed by atoms with van der Waals surface area (Å²) < 4.78 is 11.7. The predicted octanol–water partition coefficient (Wildman–Crippen LogP) is 3.71. The Bertz CT molecular complexity index is 628. The van der Waals surface area contributed by atoms with Crippen LogP contribution in [0.5, 0.6) is 11.5 Å². The highest BCUT2D eigenvalue weighted by Gasteiger charge is 2.11. The van der Waals surface area contributed by atoms with Crippen LogP contribution >= 0.6 is 15.9 Å². The van der Waals surface area contributed by atoms with Gasteiger partial charge in [-0.25, -0.2) is 0 Å². The highest BCUT2D eigenvalue weighted by atomic mass is 79.9. The SMILES string of the molecule is COc1ccccc1OCC(=O)N[C@@H](C)c1ccc(Br)cc1. The van der Waals surface area contributed by atoms with Gasteiger partial charge in [0.2, 0.25) is 0 Å². The van der Waals surface area contributed by atoms with E-state index in [4.69, 9.17) is 9.47 Å². The maximum atomic E-state index is 12.0. The smallest absolute Gasteiger partial charge is 0.258 e. The molecule has 0 fully saturated rings. The number of halogens is 1. The number of methoxy groups -OCH3 is 1. The summed E-state index contributed by atoms with van der Waals surface area (Å²) in [4.78, 5) is 12.0. The fraction of sp³-hybridized carbons (Fsp3) is 0.235. The quantitative estimate of drug-likeness (QED) is 0.850. The summed E-state index contributed by atoms with van der Waals surface area (Å²) in [5.74, 6) is 0.981. The zero-order chi connectivity index (χ0) is 15.9. The third-order valence-corrected chi connectivity index (χ3v) is 3.70. The summed E-state index contributed by atoms with van der Waals surface area (Å²) in [5, 5.41) is 2.90. The maximum absolute atomic E-state index is 12.0. The zero-order valence-electron chi connectivity index (χ0n) is 12.5. The van der Waals surface area contributed by atoms with Crippen LogP contribution in [-0.4, -0.2) is 19.6 Å². The normalized spacial score (nSPS) is 11.6. The molecule has 0 aliphatic heterocycles. The summed E-state index contributed by atoms with van der Waals surface area (Å²) in [6.45, 7) is 1.88. The molecule has 1 amide bonds. The van der Waals surface area contributed by atoms with Crippen LogP contribution in [-0.2, 0) is 4.79 Å². The number of benzene rings is 2. The lowest BCUT2D eigenvalue weighted by atomic mass is 10.1. The maximum Gasteiger partial charge on any atom is 0.258 e. The van der Waals surface area contributed by atoms with Crippen LogP contribution in [0.25, 0.3) is 0 Å². The lowest BCUT2D eigenvalue weighted by Crippen LogP contribution is -2.31. The second-order valence-electron chi connectivity index (χ2n) is 4.78. The van der Waals surface area contributed by atoms with Crippen molar-refractivity contribution in [1.29, 1.82) is 0 Å². The van der Waals surface area contributed by atoms with Gasteiger partial charge in [-0.1, -0.05) is 40.2 Å². The third kappa shape index (κ3) is 4.49. The van der Waals surface area contributed by atoms with Gasteiger partial charge >= 0.3 is 0 Å². The number of para-hydroxylation sites is 2. The number of hydrogen-bond donors (Lipinski definition) is 1. The molecule has 1 N–H and O–H groups in total. The molecule has 0 saturated heterocycles. The van der Waals surface area contributed by atoms with Gasteiger partial charge in [-0.3, -0.25) is 4.79 Å². The van der Waals surface area contributed by atoms with E-state index >= 15 is 0 Å². The summed E-state index contributed by atoms with van der Waals surface area (Å²) in [5.41, 5.74) is 1.04. The molecule has 22 heavy (non-hydrogen) atoms. The van der Waals surface area contributed by atoms with Crippen LogP contribution in [0.4, 0.5) is 0 Å². The largest absolute Gasteiger partial charge is 0.493 e. The number of rotatable bonds is 6. The Morgan fingerprint density at radius 3 is 2.41 bits per heavy atom. The topological polar surface area (TPSA) is 47.6 Å². The minimum Gasteiger partial charge on any atom is -0.493 e. The molecule has 0 unspecified atom stereocenters. The lowest BCUT2D eigenvalue weighted by Gasteiger charge is -2.15. The van der Waals surface area contributed by atoms with Crippen LogP contribution in [0.3, 0.4) is 0 Å². The van der Waals surface area contributed by atoms with Crippen LogP contribution in [0.2, 0.25) is 0 Å². The first kappa shape index (κ1) is 16.4. The predicted molar refractivity (Wildman–Crippen MR) is 89.2 cm³/mol. The molecule has 0 spiro atoms. The summed E-state index contributed by atoms with van der Waals surface area (Å²) in [6.07, 6.45) is 0. The van der Waals surface area contributed by atoms with Crippen molar-refractivity contribution in [2.45, 2.75) is 13.0 Å². The molecule has 2 aromatic rings. The first-order valence-electron chi connectivity index (χ1n) is 6.91. The van der Waals surface area contributed by atoms with Crippen LogP contribution < -0.4 is 14.8 Å². The summed E-state index contributed by atoms with van der Waals surface area (Å²) in [6, 6.07) is 15.0. The van der Waals surface area contributed by atoms with Crippen molar-refractivity contribution in [1.82, 2.24) is 5.32 Å². The average molecular weight is 364 g/mol. The molecule has 0 aliphatic carbocycles. The van der Waals surface area contributed by atoms with Gasteiger partial charge in [0, 0.05) is 4.47 Å².